The molecule has 0 fully saturated rings. The monoisotopic (exact) mass is 284 g/mol. The van der Waals surface area contributed by atoms with Crippen molar-refractivity contribution in [3.63, 3.8) is 0 Å². The van der Waals surface area contributed by atoms with Crippen LogP contribution in [0.5, 0.6) is 0 Å². The molecular weight excluding hydrogens is 271 g/mol. The number of oxazole rings is 1. The van der Waals surface area contributed by atoms with E-state index >= 15 is 0 Å². The van der Waals surface area contributed by atoms with Crippen LogP contribution >= 0.6 is 0 Å². The minimum absolute atomic E-state index is 0.234. The Labute approximate surface area is 110 Å². The molecule has 5 nitrogen and oxygen atoms in total. The predicted molar refractivity (Wildman–Crippen MR) is 66.4 cm³/mol. The normalized spacial score (nSPS) is 13.4. The number of rotatable bonds is 4. The van der Waals surface area contributed by atoms with Crippen molar-refractivity contribution < 1.29 is 17.2 Å². The van der Waals surface area contributed by atoms with Crippen molar-refractivity contribution in [2.75, 3.05) is 0 Å². The van der Waals surface area contributed by atoms with E-state index in [1.54, 1.807) is 13.8 Å². The fourth-order valence-electron chi connectivity index (χ4n) is 1.58. The molecule has 0 amide bonds. The van der Waals surface area contributed by atoms with E-state index < -0.39 is 26.8 Å². The van der Waals surface area contributed by atoms with Gasteiger partial charge in [0.25, 0.3) is 0 Å². The van der Waals surface area contributed by atoms with Crippen LogP contribution in [0.25, 0.3) is 0 Å². The Morgan fingerprint density at radius 1 is 1.37 bits per heavy atom. The van der Waals surface area contributed by atoms with Gasteiger partial charge in [-0.15, -0.1) is 0 Å². The van der Waals surface area contributed by atoms with E-state index in [2.05, 4.69) is 9.71 Å². The van der Waals surface area contributed by atoms with Crippen molar-refractivity contribution in [2.45, 2.75) is 24.8 Å². The third-order valence-corrected chi connectivity index (χ3v) is 4.04. The third-order valence-electron chi connectivity index (χ3n) is 2.47. The van der Waals surface area contributed by atoms with Gasteiger partial charge in [0.15, 0.2) is 0 Å². The first-order valence-electron chi connectivity index (χ1n) is 5.59. The minimum atomic E-state index is -3.95. The van der Waals surface area contributed by atoms with Gasteiger partial charge in [0.2, 0.25) is 15.9 Å². The fourth-order valence-corrected chi connectivity index (χ4v) is 2.86. The van der Waals surface area contributed by atoms with E-state index in [0.29, 0.717) is 5.76 Å². The molecule has 19 heavy (non-hydrogen) atoms. The first-order valence-corrected chi connectivity index (χ1v) is 7.07. The second-order valence-corrected chi connectivity index (χ2v) is 5.76. The Hall–Kier alpha value is -1.73. The van der Waals surface area contributed by atoms with E-state index in [1.807, 2.05) is 0 Å². The zero-order valence-corrected chi connectivity index (χ0v) is 11.2. The van der Waals surface area contributed by atoms with Crippen molar-refractivity contribution in [3.05, 3.63) is 47.9 Å². The Morgan fingerprint density at radius 2 is 2.05 bits per heavy atom. The van der Waals surface area contributed by atoms with Crippen LogP contribution in [0, 0.1) is 12.7 Å². The maximum absolute atomic E-state index is 13.5. The molecule has 2 rings (SSSR count). The standard InChI is InChI=1S/C12H13FN2O3S/c1-8-7-14-12(18-8)9(2)15-19(16,17)11-6-4-3-5-10(11)13/h3-7,9,15H,1-2H3. The van der Waals surface area contributed by atoms with Crippen LogP contribution in [-0.2, 0) is 10.0 Å². The third kappa shape index (κ3) is 2.99. The maximum atomic E-state index is 13.5. The molecule has 0 saturated carbocycles. The van der Waals surface area contributed by atoms with Crippen molar-refractivity contribution in [3.8, 4) is 0 Å². The summed E-state index contributed by atoms with van der Waals surface area (Å²) in [7, 11) is -3.95. The number of sulfonamides is 1. The van der Waals surface area contributed by atoms with Crippen LogP contribution in [-0.4, -0.2) is 13.4 Å². The number of hydrogen-bond acceptors (Lipinski definition) is 4. The number of nitrogens with one attached hydrogen (secondary N) is 1. The second-order valence-electron chi connectivity index (χ2n) is 4.08. The van der Waals surface area contributed by atoms with Crippen LogP contribution in [0.1, 0.15) is 24.6 Å². The van der Waals surface area contributed by atoms with Crippen molar-refractivity contribution in [2.24, 2.45) is 0 Å². The molecule has 1 atom stereocenters. The molecule has 1 unspecified atom stereocenters. The van der Waals surface area contributed by atoms with Crippen LogP contribution in [0.15, 0.2) is 39.8 Å². The lowest BCUT2D eigenvalue weighted by molar-refractivity contribution is 0.427. The van der Waals surface area contributed by atoms with E-state index in [1.165, 1.54) is 24.4 Å². The molecule has 0 spiro atoms. The zero-order valence-electron chi connectivity index (χ0n) is 10.4. The number of halogens is 1. The molecule has 102 valence electrons. The second kappa shape index (κ2) is 5.10. The van der Waals surface area contributed by atoms with Crippen LogP contribution in [0.4, 0.5) is 4.39 Å². The predicted octanol–water partition coefficient (Wildman–Crippen LogP) is 2.16. The van der Waals surface area contributed by atoms with Crippen molar-refractivity contribution in [1.82, 2.24) is 9.71 Å². The number of benzene rings is 1. The van der Waals surface area contributed by atoms with Gasteiger partial charge in [-0.3, -0.25) is 0 Å². The molecular formula is C12H13FN2O3S. The van der Waals surface area contributed by atoms with E-state index in [0.717, 1.165) is 6.07 Å². The van der Waals surface area contributed by atoms with E-state index in [4.69, 9.17) is 4.42 Å². The van der Waals surface area contributed by atoms with Crippen LogP contribution in [0.2, 0.25) is 0 Å². The average molecular weight is 284 g/mol. The van der Waals surface area contributed by atoms with Gasteiger partial charge in [-0.1, -0.05) is 12.1 Å². The highest BCUT2D eigenvalue weighted by atomic mass is 32.2. The highest BCUT2D eigenvalue weighted by Crippen LogP contribution is 2.18. The van der Waals surface area contributed by atoms with Gasteiger partial charge in [0.05, 0.1) is 12.2 Å². The molecule has 0 bridgehead atoms. The summed E-state index contributed by atoms with van der Waals surface area (Å²) in [6.07, 6.45) is 1.49. The van der Waals surface area contributed by atoms with Crippen molar-refractivity contribution in [1.29, 1.82) is 0 Å². The summed E-state index contributed by atoms with van der Waals surface area (Å²) < 4.78 is 45.1. The highest BCUT2D eigenvalue weighted by Gasteiger charge is 2.23. The van der Waals surface area contributed by atoms with Crippen LogP contribution in [0.3, 0.4) is 0 Å². The molecule has 0 aliphatic rings. The lowest BCUT2D eigenvalue weighted by atomic mass is 10.3. The quantitative estimate of drug-likeness (QED) is 0.933. The molecule has 0 aliphatic carbocycles. The first-order chi connectivity index (χ1) is 8.90. The highest BCUT2D eigenvalue weighted by molar-refractivity contribution is 7.89. The Balaban J connectivity index is 2.25. The summed E-state index contributed by atoms with van der Waals surface area (Å²) in [4.78, 5) is 3.53. The summed E-state index contributed by atoms with van der Waals surface area (Å²) in [6.45, 7) is 3.28. The molecule has 2 aromatic rings. The Kier molecular flexibility index (Phi) is 3.68. The molecule has 0 saturated heterocycles. The molecule has 1 heterocycles. The molecule has 1 N–H and O–H groups in total. The Morgan fingerprint density at radius 3 is 2.63 bits per heavy atom. The SMILES string of the molecule is Cc1cnc(C(C)NS(=O)(=O)c2ccccc2F)o1. The lowest BCUT2D eigenvalue weighted by Crippen LogP contribution is -2.27. The molecule has 1 aromatic carbocycles. The summed E-state index contributed by atoms with van der Waals surface area (Å²) in [5, 5.41) is 0. The summed E-state index contributed by atoms with van der Waals surface area (Å²) in [5.74, 6) is 0.00939. The Bertz CT molecular complexity index is 682. The summed E-state index contributed by atoms with van der Waals surface area (Å²) in [6, 6.07) is 4.49. The number of aromatic nitrogens is 1. The zero-order chi connectivity index (χ0) is 14.0. The summed E-state index contributed by atoms with van der Waals surface area (Å²) in [5.41, 5.74) is 0. The van der Waals surface area contributed by atoms with Gasteiger partial charge < -0.3 is 4.42 Å². The molecule has 0 aliphatic heterocycles. The average Bonchev–Trinajstić information content (AvgIpc) is 2.76. The van der Waals surface area contributed by atoms with Gasteiger partial charge in [0.1, 0.15) is 16.5 Å². The number of hydrogen-bond donors (Lipinski definition) is 1. The maximum Gasteiger partial charge on any atom is 0.244 e. The van der Waals surface area contributed by atoms with Gasteiger partial charge in [-0.25, -0.2) is 17.8 Å². The molecule has 1 aromatic heterocycles. The van der Waals surface area contributed by atoms with Crippen LogP contribution < -0.4 is 4.72 Å². The topological polar surface area (TPSA) is 72.2 Å². The molecule has 7 heteroatoms. The number of nitrogens with zero attached hydrogens (tertiary/aromatic N) is 1. The smallest absolute Gasteiger partial charge is 0.244 e. The van der Waals surface area contributed by atoms with E-state index in [9.17, 15) is 12.8 Å². The largest absolute Gasteiger partial charge is 0.444 e. The first kappa shape index (κ1) is 13.7. The fraction of sp³-hybridized carbons (Fsp3) is 0.250. The summed E-state index contributed by atoms with van der Waals surface area (Å²) >= 11 is 0. The molecule has 0 radical (unpaired) electrons. The van der Waals surface area contributed by atoms with Gasteiger partial charge >= 0.3 is 0 Å². The van der Waals surface area contributed by atoms with Gasteiger partial charge in [-0.05, 0) is 26.0 Å². The van der Waals surface area contributed by atoms with E-state index in [-0.39, 0.29) is 5.89 Å². The van der Waals surface area contributed by atoms with Gasteiger partial charge in [0, 0.05) is 0 Å². The number of aryl methyl sites for hydroxylation is 1. The lowest BCUT2D eigenvalue weighted by Gasteiger charge is -2.11. The van der Waals surface area contributed by atoms with Gasteiger partial charge in [-0.2, -0.15) is 4.72 Å². The van der Waals surface area contributed by atoms with Crippen molar-refractivity contribution >= 4 is 10.0 Å². The minimum Gasteiger partial charge on any atom is -0.444 e.